The van der Waals surface area contributed by atoms with Crippen LogP contribution in [-0.2, 0) is 9.53 Å². The summed E-state index contributed by atoms with van der Waals surface area (Å²) in [7, 11) is 0. The molecule has 0 aromatic rings. The van der Waals surface area contributed by atoms with Crippen LogP contribution in [0.15, 0.2) is 0 Å². The van der Waals surface area contributed by atoms with Gasteiger partial charge in [0.2, 0.25) is 0 Å². The van der Waals surface area contributed by atoms with Gasteiger partial charge in [-0.25, -0.2) is 0 Å². The molecule has 1 saturated carbocycles. The molecule has 0 spiro atoms. The van der Waals surface area contributed by atoms with E-state index in [4.69, 9.17) is 4.74 Å². The molecule has 1 aliphatic carbocycles. The van der Waals surface area contributed by atoms with Gasteiger partial charge in [0.05, 0.1) is 12.5 Å². The van der Waals surface area contributed by atoms with E-state index in [1.54, 1.807) is 6.92 Å². The van der Waals surface area contributed by atoms with Crippen molar-refractivity contribution < 1.29 is 22.7 Å². The number of ether oxygens (including phenoxy) is 1. The second-order valence-electron chi connectivity index (χ2n) is 5.86. The van der Waals surface area contributed by atoms with Crippen LogP contribution in [0.1, 0.15) is 32.6 Å². The van der Waals surface area contributed by atoms with Crippen LogP contribution in [0, 0.1) is 5.92 Å². The van der Waals surface area contributed by atoms with Crippen LogP contribution in [0.2, 0.25) is 0 Å². The molecule has 0 bridgehead atoms. The molecule has 21 heavy (non-hydrogen) atoms. The van der Waals surface area contributed by atoms with Crippen molar-refractivity contribution in [3.05, 3.63) is 0 Å². The van der Waals surface area contributed by atoms with Crippen molar-refractivity contribution >= 4 is 5.97 Å². The highest BCUT2D eigenvalue weighted by Gasteiger charge is 2.41. The first-order chi connectivity index (χ1) is 9.90. The molecule has 2 aliphatic rings. The topological polar surface area (TPSA) is 41.6 Å². The normalized spacial score (nSPS) is 23.0. The molecule has 0 amide bonds. The highest BCUT2D eigenvalue weighted by atomic mass is 19.4. The predicted octanol–water partition coefficient (Wildman–Crippen LogP) is 1.94. The lowest BCUT2D eigenvalue weighted by Gasteiger charge is -2.34. The number of hydrogen-bond acceptors (Lipinski definition) is 4. The van der Waals surface area contributed by atoms with E-state index in [1.807, 2.05) is 4.90 Å². The van der Waals surface area contributed by atoms with E-state index in [0.29, 0.717) is 32.3 Å². The summed E-state index contributed by atoms with van der Waals surface area (Å²) in [6, 6.07) is -0.0768. The SMILES string of the molecule is CCOC(=O)C(CN1CCC(C(F)(F)F)CC1)NC1CC1. The Labute approximate surface area is 123 Å². The van der Waals surface area contributed by atoms with Crippen molar-refractivity contribution in [1.29, 1.82) is 0 Å². The fourth-order valence-electron chi connectivity index (χ4n) is 2.67. The van der Waals surface area contributed by atoms with Gasteiger partial charge in [0.1, 0.15) is 6.04 Å². The molecule has 7 heteroatoms. The zero-order valence-electron chi connectivity index (χ0n) is 12.3. The Balaban J connectivity index is 1.82. The van der Waals surface area contributed by atoms with E-state index < -0.39 is 18.1 Å². The van der Waals surface area contributed by atoms with Crippen molar-refractivity contribution in [2.24, 2.45) is 5.92 Å². The van der Waals surface area contributed by atoms with Gasteiger partial charge in [0.15, 0.2) is 0 Å². The molecule has 1 heterocycles. The van der Waals surface area contributed by atoms with Crippen molar-refractivity contribution in [1.82, 2.24) is 10.2 Å². The quantitative estimate of drug-likeness (QED) is 0.762. The third kappa shape index (κ3) is 5.14. The summed E-state index contributed by atoms with van der Waals surface area (Å²) in [6.07, 6.45) is -1.78. The summed E-state index contributed by atoms with van der Waals surface area (Å²) < 4.78 is 42.9. The van der Waals surface area contributed by atoms with Crippen molar-refractivity contribution in [2.45, 2.75) is 50.9 Å². The van der Waals surface area contributed by atoms with Gasteiger partial charge >= 0.3 is 12.1 Å². The maximum atomic E-state index is 12.6. The van der Waals surface area contributed by atoms with Crippen molar-refractivity contribution in [3.8, 4) is 0 Å². The number of likely N-dealkylation sites (tertiary alicyclic amines) is 1. The number of rotatable bonds is 6. The summed E-state index contributed by atoms with van der Waals surface area (Å²) in [5, 5.41) is 3.23. The van der Waals surface area contributed by atoms with E-state index in [-0.39, 0.29) is 18.8 Å². The first-order valence-electron chi connectivity index (χ1n) is 7.62. The third-order valence-electron chi connectivity index (χ3n) is 4.08. The van der Waals surface area contributed by atoms with E-state index in [0.717, 1.165) is 12.8 Å². The molecule has 1 atom stereocenters. The smallest absolute Gasteiger partial charge is 0.391 e. The number of nitrogens with one attached hydrogen (secondary N) is 1. The Kier molecular flexibility index (Phi) is 5.48. The zero-order valence-corrected chi connectivity index (χ0v) is 12.3. The zero-order chi connectivity index (χ0) is 15.5. The lowest BCUT2D eigenvalue weighted by atomic mass is 9.96. The largest absolute Gasteiger partial charge is 0.465 e. The summed E-state index contributed by atoms with van der Waals surface area (Å²) in [5.41, 5.74) is 0. The number of hydrogen-bond donors (Lipinski definition) is 1. The molecule has 0 radical (unpaired) electrons. The van der Waals surface area contributed by atoms with E-state index in [9.17, 15) is 18.0 Å². The van der Waals surface area contributed by atoms with Crippen LogP contribution in [0.3, 0.4) is 0 Å². The van der Waals surface area contributed by atoms with Crippen LogP contribution >= 0.6 is 0 Å². The van der Waals surface area contributed by atoms with Gasteiger partial charge in [-0.2, -0.15) is 13.2 Å². The minimum atomic E-state index is -4.10. The number of alkyl halides is 3. The third-order valence-corrected chi connectivity index (χ3v) is 4.08. The van der Waals surface area contributed by atoms with Crippen LogP contribution in [0.5, 0.6) is 0 Å². The first kappa shape index (κ1) is 16.5. The second-order valence-corrected chi connectivity index (χ2v) is 5.86. The molecule has 4 nitrogen and oxygen atoms in total. The molecule has 1 N–H and O–H groups in total. The number of carbonyl (C=O) groups excluding carboxylic acids is 1. The molecule has 1 saturated heterocycles. The minimum absolute atomic E-state index is 0.114. The second kappa shape index (κ2) is 6.96. The molecular formula is C14H23F3N2O2. The summed E-state index contributed by atoms with van der Waals surface area (Å²) in [5.74, 6) is -1.51. The monoisotopic (exact) mass is 308 g/mol. The van der Waals surface area contributed by atoms with E-state index in [1.165, 1.54) is 0 Å². The van der Waals surface area contributed by atoms with Crippen molar-refractivity contribution in [3.63, 3.8) is 0 Å². The molecular weight excluding hydrogens is 285 g/mol. The molecule has 2 fully saturated rings. The maximum absolute atomic E-state index is 12.6. The first-order valence-corrected chi connectivity index (χ1v) is 7.62. The Hall–Kier alpha value is -0.820. The van der Waals surface area contributed by atoms with Gasteiger partial charge in [-0.3, -0.25) is 4.79 Å². The number of nitrogens with zero attached hydrogens (tertiary/aromatic N) is 1. The average Bonchev–Trinajstić information content (AvgIpc) is 3.22. The fraction of sp³-hybridized carbons (Fsp3) is 0.929. The Morgan fingerprint density at radius 2 is 1.90 bits per heavy atom. The van der Waals surface area contributed by atoms with Crippen LogP contribution in [0.25, 0.3) is 0 Å². The number of carbonyl (C=O) groups is 1. The summed E-state index contributed by atoms with van der Waals surface area (Å²) >= 11 is 0. The van der Waals surface area contributed by atoms with Gasteiger partial charge in [-0.15, -0.1) is 0 Å². The van der Waals surface area contributed by atoms with Gasteiger partial charge in [0, 0.05) is 12.6 Å². The highest BCUT2D eigenvalue weighted by molar-refractivity contribution is 5.76. The maximum Gasteiger partial charge on any atom is 0.391 e. The Morgan fingerprint density at radius 3 is 2.38 bits per heavy atom. The Bertz CT molecular complexity index is 351. The highest BCUT2D eigenvalue weighted by Crippen LogP contribution is 2.34. The lowest BCUT2D eigenvalue weighted by molar-refractivity contribution is -0.185. The standard InChI is InChI=1S/C14H23F3N2O2/c1-2-21-13(20)12(18-11-3-4-11)9-19-7-5-10(6-8-19)14(15,16)17/h10-12,18H,2-9H2,1H3. The van der Waals surface area contributed by atoms with E-state index in [2.05, 4.69) is 5.32 Å². The van der Waals surface area contributed by atoms with Crippen LogP contribution in [-0.4, -0.2) is 55.4 Å². The van der Waals surface area contributed by atoms with Gasteiger partial charge < -0.3 is 15.0 Å². The minimum Gasteiger partial charge on any atom is -0.465 e. The molecule has 0 aromatic heterocycles. The number of esters is 1. The Morgan fingerprint density at radius 1 is 1.29 bits per heavy atom. The molecule has 0 aromatic carbocycles. The van der Waals surface area contributed by atoms with E-state index >= 15 is 0 Å². The summed E-state index contributed by atoms with van der Waals surface area (Å²) in [6.45, 7) is 3.26. The van der Waals surface area contributed by atoms with Crippen LogP contribution in [0.4, 0.5) is 13.2 Å². The van der Waals surface area contributed by atoms with Crippen LogP contribution < -0.4 is 5.32 Å². The molecule has 1 aliphatic heterocycles. The predicted molar refractivity (Wildman–Crippen MR) is 71.8 cm³/mol. The van der Waals surface area contributed by atoms with Gasteiger partial charge in [-0.1, -0.05) is 0 Å². The van der Waals surface area contributed by atoms with Gasteiger partial charge in [0.25, 0.3) is 0 Å². The molecule has 2 rings (SSSR count). The number of halogens is 3. The fourth-order valence-corrected chi connectivity index (χ4v) is 2.67. The molecule has 122 valence electrons. The van der Waals surface area contributed by atoms with Gasteiger partial charge in [-0.05, 0) is 45.7 Å². The molecule has 1 unspecified atom stereocenters. The van der Waals surface area contributed by atoms with Crippen molar-refractivity contribution in [2.75, 3.05) is 26.2 Å². The lowest BCUT2D eigenvalue weighted by Crippen LogP contribution is -2.50. The summed E-state index contributed by atoms with van der Waals surface area (Å²) in [4.78, 5) is 13.8. The average molecular weight is 308 g/mol. The number of piperidine rings is 1.